The second kappa shape index (κ2) is 9.34. The van der Waals surface area contributed by atoms with E-state index >= 15 is 0 Å². The fourth-order valence-electron chi connectivity index (χ4n) is 3.68. The van der Waals surface area contributed by atoms with Crippen molar-refractivity contribution in [2.75, 3.05) is 11.9 Å². The van der Waals surface area contributed by atoms with Gasteiger partial charge in [-0.2, -0.15) is 26.3 Å². The van der Waals surface area contributed by atoms with Crippen molar-refractivity contribution in [3.05, 3.63) is 29.3 Å². The van der Waals surface area contributed by atoms with Crippen LogP contribution in [0.1, 0.15) is 57.6 Å². The molecule has 1 aliphatic rings. The van der Waals surface area contributed by atoms with Gasteiger partial charge in [-0.1, -0.05) is 20.8 Å². The summed E-state index contributed by atoms with van der Waals surface area (Å²) in [6.45, 7) is 6.11. The van der Waals surface area contributed by atoms with Gasteiger partial charge in [-0.05, 0) is 62.0 Å². The molecular weight excluding hydrogens is 442 g/mol. The van der Waals surface area contributed by atoms with Crippen molar-refractivity contribution in [3.63, 3.8) is 0 Å². The molecule has 0 aliphatic heterocycles. The van der Waals surface area contributed by atoms with E-state index in [1.54, 1.807) is 0 Å². The first-order valence-corrected chi connectivity index (χ1v) is 10.4. The van der Waals surface area contributed by atoms with Gasteiger partial charge in [0.25, 0.3) is 0 Å². The van der Waals surface area contributed by atoms with E-state index in [0.29, 0.717) is 18.7 Å². The molecule has 1 aliphatic carbocycles. The standard InChI is InChI=1S/C21H26F6N2OS/c1-19(2,3)17(30)13-6-4-12(5-7-13)11-28-18(31)29-16-9-14(20(22,23)24)8-15(10-16)21(25,26)27/h8-10,12-13H,4-7,11H2,1-3H3,(H2,28,29,31). The number of Topliss-reactive ketones (excluding diaryl/α,β-unsaturated/α-hetero) is 1. The van der Waals surface area contributed by atoms with E-state index in [-0.39, 0.29) is 39.9 Å². The topological polar surface area (TPSA) is 41.1 Å². The van der Waals surface area contributed by atoms with Crippen LogP contribution in [0.15, 0.2) is 18.2 Å². The highest BCUT2D eigenvalue weighted by molar-refractivity contribution is 7.80. The van der Waals surface area contributed by atoms with Gasteiger partial charge in [0.2, 0.25) is 0 Å². The summed E-state index contributed by atoms with van der Waals surface area (Å²) in [5, 5.41) is 5.23. The summed E-state index contributed by atoms with van der Waals surface area (Å²) in [7, 11) is 0. The van der Waals surface area contributed by atoms with Crippen LogP contribution in [0.5, 0.6) is 0 Å². The summed E-state index contributed by atoms with van der Waals surface area (Å²) in [6.07, 6.45) is -6.74. The van der Waals surface area contributed by atoms with Crippen molar-refractivity contribution < 1.29 is 31.1 Å². The third-order valence-corrected chi connectivity index (χ3v) is 5.60. The van der Waals surface area contributed by atoms with E-state index in [4.69, 9.17) is 12.2 Å². The third kappa shape index (κ3) is 7.36. The van der Waals surface area contributed by atoms with Crippen molar-refractivity contribution in [1.82, 2.24) is 5.32 Å². The van der Waals surface area contributed by atoms with Crippen LogP contribution in [-0.2, 0) is 17.1 Å². The first-order chi connectivity index (χ1) is 14.1. The molecule has 1 saturated carbocycles. The molecule has 174 valence electrons. The molecule has 0 amide bonds. The van der Waals surface area contributed by atoms with E-state index in [9.17, 15) is 31.1 Å². The van der Waals surface area contributed by atoms with Gasteiger partial charge in [0.1, 0.15) is 5.78 Å². The maximum atomic E-state index is 13.0. The number of nitrogens with one attached hydrogen (secondary N) is 2. The number of carbonyl (C=O) groups is 1. The quantitative estimate of drug-likeness (QED) is 0.395. The number of carbonyl (C=O) groups excluding carboxylic acids is 1. The molecule has 0 heterocycles. The number of hydrogen-bond acceptors (Lipinski definition) is 2. The Morgan fingerprint density at radius 3 is 1.84 bits per heavy atom. The molecule has 0 atom stereocenters. The smallest absolute Gasteiger partial charge is 0.362 e. The van der Waals surface area contributed by atoms with E-state index in [0.717, 1.165) is 25.7 Å². The minimum atomic E-state index is -4.92. The van der Waals surface area contributed by atoms with Gasteiger partial charge >= 0.3 is 12.4 Å². The summed E-state index contributed by atoms with van der Waals surface area (Å²) < 4.78 is 77.8. The molecule has 2 rings (SSSR count). The van der Waals surface area contributed by atoms with Gasteiger partial charge in [0.15, 0.2) is 5.11 Å². The van der Waals surface area contributed by atoms with Crippen LogP contribution >= 0.6 is 12.2 Å². The van der Waals surface area contributed by atoms with E-state index in [1.165, 1.54) is 0 Å². The molecule has 31 heavy (non-hydrogen) atoms. The van der Waals surface area contributed by atoms with Crippen molar-refractivity contribution in [3.8, 4) is 0 Å². The molecule has 1 fully saturated rings. The summed E-state index contributed by atoms with van der Waals surface area (Å²) >= 11 is 5.05. The van der Waals surface area contributed by atoms with Crippen molar-refractivity contribution in [1.29, 1.82) is 0 Å². The molecule has 0 unspecified atom stereocenters. The molecule has 0 bridgehead atoms. The average molecular weight is 469 g/mol. The highest BCUT2D eigenvalue weighted by Gasteiger charge is 2.37. The Hall–Kier alpha value is -1.84. The maximum Gasteiger partial charge on any atom is 0.416 e. The zero-order chi connectivity index (χ0) is 23.6. The lowest BCUT2D eigenvalue weighted by molar-refractivity contribution is -0.143. The molecule has 1 aromatic rings. The van der Waals surface area contributed by atoms with Crippen LogP contribution in [0.25, 0.3) is 0 Å². The molecule has 0 aromatic heterocycles. The Labute approximate surface area is 183 Å². The fourth-order valence-corrected chi connectivity index (χ4v) is 3.88. The van der Waals surface area contributed by atoms with Gasteiger partial charge in [-0.15, -0.1) is 0 Å². The highest BCUT2D eigenvalue weighted by Crippen LogP contribution is 2.38. The van der Waals surface area contributed by atoms with Crippen LogP contribution in [0.4, 0.5) is 32.0 Å². The van der Waals surface area contributed by atoms with Gasteiger partial charge in [0, 0.05) is 23.6 Å². The Bertz CT molecular complexity index is 773. The monoisotopic (exact) mass is 468 g/mol. The molecule has 0 saturated heterocycles. The second-order valence-electron chi connectivity index (χ2n) is 8.96. The Morgan fingerprint density at radius 2 is 1.42 bits per heavy atom. The minimum Gasteiger partial charge on any atom is -0.362 e. The van der Waals surface area contributed by atoms with Crippen LogP contribution in [0.2, 0.25) is 0 Å². The molecule has 0 spiro atoms. The molecule has 3 nitrogen and oxygen atoms in total. The van der Waals surface area contributed by atoms with E-state index in [1.807, 2.05) is 20.8 Å². The fraction of sp³-hybridized carbons (Fsp3) is 0.619. The predicted molar refractivity (Wildman–Crippen MR) is 111 cm³/mol. The molecule has 2 N–H and O–H groups in total. The second-order valence-corrected chi connectivity index (χ2v) is 9.37. The first-order valence-electron chi connectivity index (χ1n) is 9.96. The number of halogens is 6. The zero-order valence-corrected chi connectivity index (χ0v) is 18.3. The van der Waals surface area contributed by atoms with Crippen LogP contribution < -0.4 is 10.6 Å². The SMILES string of the molecule is CC(C)(C)C(=O)C1CCC(CNC(=S)Nc2cc(C(F)(F)F)cc(C(F)(F)F)c2)CC1. The van der Waals surface area contributed by atoms with E-state index < -0.39 is 23.5 Å². The maximum absolute atomic E-state index is 13.0. The molecule has 10 heteroatoms. The number of hydrogen-bond donors (Lipinski definition) is 2. The number of thiocarbonyl (C=S) groups is 1. The summed E-state index contributed by atoms with van der Waals surface area (Å²) in [5.74, 6) is 0.476. The Balaban J connectivity index is 1.94. The number of benzene rings is 1. The highest BCUT2D eigenvalue weighted by atomic mass is 32.1. The van der Waals surface area contributed by atoms with Crippen molar-refractivity contribution in [2.24, 2.45) is 17.3 Å². The molecule has 0 radical (unpaired) electrons. The van der Waals surface area contributed by atoms with Gasteiger partial charge in [0.05, 0.1) is 11.1 Å². The van der Waals surface area contributed by atoms with Crippen molar-refractivity contribution >= 4 is 28.8 Å². The zero-order valence-electron chi connectivity index (χ0n) is 17.5. The lowest BCUT2D eigenvalue weighted by Crippen LogP contribution is -2.36. The van der Waals surface area contributed by atoms with Crippen molar-refractivity contribution in [2.45, 2.75) is 58.8 Å². The number of ketones is 1. The predicted octanol–water partition coefficient (Wildman–Crippen LogP) is 6.43. The number of anilines is 1. The van der Waals surface area contributed by atoms with Gasteiger partial charge in [-0.25, -0.2) is 0 Å². The molecular formula is C21H26F6N2OS. The van der Waals surface area contributed by atoms with E-state index in [2.05, 4.69) is 10.6 Å². The van der Waals surface area contributed by atoms with Crippen LogP contribution in [-0.4, -0.2) is 17.4 Å². The number of alkyl halides is 6. The van der Waals surface area contributed by atoms with Crippen LogP contribution in [0.3, 0.4) is 0 Å². The number of rotatable bonds is 4. The van der Waals surface area contributed by atoms with Gasteiger partial charge < -0.3 is 10.6 Å². The summed E-state index contributed by atoms with van der Waals surface area (Å²) in [6, 6.07) is 1.25. The lowest BCUT2D eigenvalue weighted by atomic mass is 9.73. The average Bonchev–Trinajstić information content (AvgIpc) is 2.64. The molecule has 1 aromatic carbocycles. The largest absolute Gasteiger partial charge is 0.416 e. The summed E-state index contributed by atoms with van der Waals surface area (Å²) in [4.78, 5) is 12.4. The summed E-state index contributed by atoms with van der Waals surface area (Å²) in [5.41, 5.74) is -3.59. The lowest BCUT2D eigenvalue weighted by Gasteiger charge is -2.31. The third-order valence-electron chi connectivity index (χ3n) is 5.35. The Morgan fingerprint density at radius 1 is 0.935 bits per heavy atom. The van der Waals surface area contributed by atoms with Crippen LogP contribution in [0, 0.1) is 17.3 Å². The Kier molecular flexibility index (Phi) is 7.66. The normalized spacial score (nSPS) is 20.3. The minimum absolute atomic E-state index is 0.0206. The van der Waals surface area contributed by atoms with Gasteiger partial charge in [-0.3, -0.25) is 4.79 Å². The first kappa shape index (κ1) is 25.4.